The molecule has 1 heterocycles. The molecule has 1 aliphatic carbocycles. The van der Waals surface area contributed by atoms with E-state index in [1.165, 1.54) is 26.4 Å². The second-order valence-corrected chi connectivity index (χ2v) is 5.59. The van der Waals surface area contributed by atoms with Crippen LogP contribution in [0.4, 0.5) is 0 Å². The van der Waals surface area contributed by atoms with E-state index in [-0.39, 0.29) is 12.1 Å². The molecule has 0 aromatic carbocycles. The summed E-state index contributed by atoms with van der Waals surface area (Å²) in [6.07, 6.45) is 7.20. The average Bonchev–Trinajstić information content (AvgIpc) is 2.82. The van der Waals surface area contributed by atoms with Gasteiger partial charge in [0.15, 0.2) is 0 Å². The molecule has 3 atom stereocenters. The fourth-order valence-corrected chi connectivity index (χ4v) is 3.53. The van der Waals surface area contributed by atoms with Gasteiger partial charge in [-0.1, -0.05) is 12.8 Å². The molecule has 1 aliphatic heterocycles. The first kappa shape index (κ1) is 13.8. The Kier molecular flexibility index (Phi) is 5.01. The van der Waals surface area contributed by atoms with Crippen molar-refractivity contribution in [1.82, 2.24) is 4.90 Å². The Bertz CT molecular complexity index is 282. The highest BCUT2D eigenvalue weighted by Gasteiger charge is 2.36. The molecule has 0 aromatic rings. The van der Waals surface area contributed by atoms with Crippen molar-refractivity contribution in [2.45, 2.75) is 57.1 Å². The Morgan fingerprint density at radius 1 is 1.28 bits per heavy atom. The first-order valence-corrected chi connectivity index (χ1v) is 7.21. The molecule has 0 aromatic heterocycles. The van der Waals surface area contributed by atoms with Gasteiger partial charge in [0.1, 0.15) is 0 Å². The van der Waals surface area contributed by atoms with E-state index in [4.69, 9.17) is 4.74 Å². The van der Waals surface area contributed by atoms with Crippen LogP contribution in [-0.4, -0.2) is 48.3 Å². The minimum Gasteiger partial charge on any atom is -0.469 e. The maximum absolute atomic E-state index is 11.2. The monoisotopic (exact) mass is 255 g/mol. The summed E-state index contributed by atoms with van der Waals surface area (Å²) >= 11 is 0. The summed E-state index contributed by atoms with van der Waals surface area (Å²) in [6, 6.07) is 0.473. The van der Waals surface area contributed by atoms with Crippen molar-refractivity contribution in [3.05, 3.63) is 0 Å². The number of rotatable bonds is 4. The number of carbonyl (C=O) groups is 1. The lowest BCUT2D eigenvalue weighted by Gasteiger charge is -2.40. The number of carbonyl (C=O) groups excluding carboxylic acids is 1. The van der Waals surface area contributed by atoms with Crippen molar-refractivity contribution in [3.8, 4) is 0 Å². The third-order valence-corrected chi connectivity index (χ3v) is 4.52. The molecule has 0 spiro atoms. The number of ether oxygens (including phenoxy) is 1. The average molecular weight is 255 g/mol. The molecule has 0 bridgehead atoms. The standard InChI is InChI=1S/C14H25NO3/c1-18-14(17)8-10-15-9-3-2-6-12(15)11-5-4-7-13(11)16/h11-13,16H,2-10H2,1H3. The lowest BCUT2D eigenvalue weighted by molar-refractivity contribution is -0.141. The lowest BCUT2D eigenvalue weighted by atomic mass is 9.87. The Labute approximate surface area is 109 Å². The van der Waals surface area contributed by atoms with Crippen molar-refractivity contribution in [2.24, 2.45) is 5.92 Å². The van der Waals surface area contributed by atoms with Crippen LogP contribution in [0.5, 0.6) is 0 Å². The zero-order valence-corrected chi connectivity index (χ0v) is 11.3. The van der Waals surface area contributed by atoms with Gasteiger partial charge in [-0.05, 0) is 32.2 Å². The van der Waals surface area contributed by atoms with E-state index in [1.54, 1.807) is 0 Å². The first-order chi connectivity index (χ1) is 8.72. The normalized spacial score (nSPS) is 33.6. The third kappa shape index (κ3) is 3.23. The highest BCUT2D eigenvalue weighted by molar-refractivity contribution is 5.69. The predicted molar refractivity (Wildman–Crippen MR) is 69.2 cm³/mol. The maximum atomic E-state index is 11.2. The van der Waals surface area contributed by atoms with E-state index in [9.17, 15) is 9.90 Å². The van der Waals surface area contributed by atoms with Gasteiger partial charge in [-0.2, -0.15) is 0 Å². The Morgan fingerprint density at radius 3 is 2.78 bits per heavy atom. The molecular weight excluding hydrogens is 230 g/mol. The number of likely N-dealkylation sites (tertiary alicyclic amines) is 1. The summed E-state index contributed by atoms with van der Waals surface area (Å²) in [5, 5.41) is 10.1. The first-order valence-electron chi connectivity index (χ1n) is 7.21. The topological polar surface area (TPSA) is 49.8 Å². The number of nitrogens with zero attached hydrogens (tertiary/aromatic N) is 1. The molecule has 2 aliphatic rings. The molecule has 0 amide bonds. The maximum Gasteiger partial charge on any atom is 0.306 e. The molecule has 1 N–H and O–H groups in total. The summed E-state index contributed by atoms with van der Waals surface area (Å²) < 4.78 is 4.71. The molecule has 104 valence electrons. The van der Waals surface area contributed by atoms with Gasteiger partial charge in [0.05, 0.1) is 19.6 Å². The molecule has 1 saturated heterocycles. The summed E-state index contributed by atoms with van der Waals surface area (Å²) in [4.78, 5) is 13.7. The summed E-state index contributed by atoms with van der Waals surface area (Å²) in [5.41, 5.74) is 0. The Balaban J connectivity index is 1.90. The summed E-state index contributed by atoms with van der Waals surface area (Å²) in [6.45, 7) is 1.84. The predicted octanol–water partition coefficient (Wildman–Crippen LogP) is 1.56. The molecule has 18 heavy (non-hydrogen) atoms. The SMILES string of the molecule is COC(=O)CCN1CCCCC1C1CCCC1O. The van der Waals surface area contributed by atoms with Crippen molar-refractivity contribution in [2.75, 3.05) is 20.2 Å². The molecule has 0 radical (unpaired) electrons. The number of aliphatic hydroxyl groups excluding tert-OH is 1. The number of hydrogen-bond donors (Lipinski definition) is 1. The van der Waals surface area contributed by atoms with Gasteiger partial charge in [-0.25, -0.2) is 0 Å². The zero-order valence-electron chi connectivity index (χ0n) is 11.3. The molecule has 1 saturated carbocycles. The smallest absolute Gasteiger partial charge is 0.306 e. The van der Waals surface area contributed by atoms with Gasteiger partial charge in [0.2, 0.25) is 0 Å². The van der Waals surface area contributed by atoms with Crippen LogP contribution in [0.15, 0.2) is 0 Å². The Morgan fingerprint density at radius 2 is 2.11 bits per heavy atom. The van der Waals surface area contributed by atoms with Crippen LogP contribution in [0.2, 0.25) is 0 Å². The number of esters is 1. The molecule has 4 nitrogen and oxygen atoms in total. The minimum absolute atomic E-state index is 0.131. The van der Waals surface area contributed by atoms with Crippen LogP contribution in [-0.2, 0) is 9.53 Å². The van der Waals surface area contributed by atoms with Gasteiger partial charge >= 0.3 is 5.97 Å². The molecule has 2 rings (SSSR count). The van der Waals surface area contributed by atoms with Gasteiger partial charge in [-0.3, -0.25) is 9.69 Å². The van der Waals surface area contributed by atoms with Crippen LogP contribution in [0.25, 0.3) is 0 Å². The second kappa shape index (κ2) is 6.53. The number of piperidine rings is 1. The second-order valence-electron chi connectivity index (χ2n) is 5.59. The van der Waals surface area contributed by atoms with Gasteiger partial charge in [0, 0.05) is 18.5 Å². The minimum atomic E-state index is -0.133. The fraction of sp³-hybridized carbons (Fsp3) is 0.929. The molecule has 3 unspecified atom stereocenters. The van der Waals surface area contributed by atoms with Crippen molar-refractivity contribution in [3.63, 3.8) is 0 Å². The largest absolute Gasteiger partial charge is 0.469 e. The number of hydrogen-bond acceptors (Lipinski definition) is 4. The highest BCUT2D eigenvalue weighted by Crippen LogP contribution is 2.35. The highest BCUT2D eigenvalue weighted by atomic mass is 16.5. The molecular formula is C14H25NO3. The molecule has 4 heteroatoms. The van der Waals surface area contributed by atoms with E-state index in [0.29, 0.717) is 18.4 Å². The number of methoxy groups -OCH3 is 1. The van der Waals surface area contributed by atoms with Crippen molar-refractivity contribution in [1.29, 1.82) is 0 Å². The van der Waals surface area contributed by atoms with Crippen LogP contribution in [0.3, 0.4) is 0 Å². The summed E-state index contributed by atoms with van der Waals surface area (Å²) in [5.74, 6) is 0.286. The van der Waals surface area contributed by atoms with Crippen LogP contribution >= 0.6 is 0 Å². The van der Waals surface area contributed by atoms with E-state index >= 15 is 0 Å². The van der Waals surface area contributed by atoms with Crippen LogP contribution in [0.1, 0.15) is 44.9 Å². The van der Waals surface area contributed by atoms with E-state index in [0.717, 1.165) is 32.4 Å². The quantitative estimate of drug-likeness (QED) is 0.775. The molecule has 2 fully saturated rings. The fourth-order valence-electron chi connectivity index (χ4n) is 3.53. The van der Waals surface area contributed by atoms with Crippen LogP contribution < -0.4 is 0 Å². The van der Waals surface area contributed by atoms with Gasteiger partial charge < -0.3 is 9.84 Å². The van der Waals surface area contributed by atoms with Crippen molar-refractivity contribution < 1.29 is 14.6 Å². The van der Waals surface area contributed by atoms with E-state index in [2.05, 4.69) is 4.90 Å². The van der Waals surface area contributed by atoms with Gasteiger partial charge in [0.25, 0.3) is 0 Å². The van der Waals surface area contributed by atoms with Crippen LogP contribution in [0, 0.1) is 5.92 Å². The van der Waals surface area contributed by atoms with E-state index < -0.39 is 0 Å². The zero-order chi connectivity index (χ0) is 13.0. The lowest BCUT2D eigenvalue weighted by Crippen LogP contribution is -2.47. The van der Waals surface area contributed by atoms with E-state index in [1.807, 2.05) is 0 Å². The van der Waals surface area contributed by atoms with Gasteiger partial charge in [-0.15, -0.1) is 0 Å². The Hall–Kier alpha value is -0.610. The summed E-state index contributed by atoms with van der Waals surface area (Å²) in [7, 11) is 1.44. The number of aliphatic hydroxyl groups is 1. The van der Waals surface area contributed by atoms with Crippen molar-refractivity contribution >= 4 is 5.97 Å². The third-order valence-electron chi connectivity index (χ3n) is 4.52.